The maximum atomic E-state index is 6.19. The highest BCUT2D eigenvalue weighted by atomic mass is 16.5. The Morgan fingerprint density at radius 2 is 1.55 bits per heavy atom. The van der Waals surface area contributed by atoms with Crippen molar-refractivity contribution in [3.05, 3.63) is 84.4 Å². The zero-order valence-electron chi connectivity index (χ0n) is 18.3. The van der Waals surface area contributed by atoms with Crippen LogP contribution < -0.4 is 5.73 Å². The molecule has 0 saturated carbocycles. The number of ether oxygens (including phenoxy) is 3. The predicted molar refractivity (Wildman–Crippen MR) is 124 cm³/mol. The third kappa shape index (κ3) is 4.88. The summed E-state index contributed by atoms with van der Waals surface area (Å²) in [6, 6.07) is 20.3. The zero-order chi connectivity index (χ0) is 22.5. The number of anilines is 1. The van der Waals surface area contributed by atoms with Crippen molar-refractivity contribution in [1.82, 2.24) is 19.5 Å². The molecule has 0 unspecified atom stereocenters. The van der Waals surface area contributed by atoms with Crippen LogP contribution in [0.15, 0.2) is 73.3 Å². The summed E-state index contributed by atoms with van der Waals surface area (Å²) in [5, 5.41) is 0. The van der Waals surface area contributed by atoms with Crippen LogP contribution in [0.25, 0.3) is 11.2 Å². The number of aromatic nitrogens is 4. The molecule has 1 aliphatic heterocycles. The summed E-state index contributed by atoms with van der Waals surface area (Å²) >= 11 is 0. The molecule has 0 radical (unpaired) electrons. The van der Waals surface area contributed by atoms with Crippen LogP contribution in [0.4, 0.5) is 5.82 Å². The summed E-state index contributed by atoms with van der Waals surface area (Å²) in [4.78, 5) is 12.9. The quantitative estimate of drug-likeness (QED) is 0.422. The van der Waals surface area contributed by atoms with E-state index in [9.17, 15) is 0 Å². The minimum atomic E-state index is -0.105. The molecule has 1 aliphatic rings. The smallest absolute Gasteiger partial charge is 0.165 e. The lowest BCUT2D eigenvalue weighted by molar-refractivity contribution is -0.0239. The predicted octanol–water partition coefficient (Wildman–Crippen LogP) is 3.40. The van der Waals surface area contributed by atoms with Gasteiger partial charge in [0.15, 0.2) is 11.5 Å². The van der Waals surface area contributed by atoms with Crippen LogP contribution >= 0.6 is 0 Å². The van der Waals surface area contributed by atoms with Gasteiger partial charge in [0.1, 0.15) is 11.8 Å². The van der Waals surface area contributed by atoms with Gasteiger partial charge in [-0.05, 0) is 11.1 Å². The van der Waals surface area contributed by atoms with Crippen molar-refractivity contribution in [3.8, 4) is 0 Å². The van der Waals surface area contributed by atoms with Gasteiger partial charge in [0, 0.05) is 5.92 Å². The maximum Gasteiger partial charge on any atom is 0.165 e. The normalized spacial score (nSPS) is 20.4. The standard InChI is InChI=1S/C25H27N5O3/c26-24-23-25(28-16-27-24)30(17-29-23)21-14-33-22(15-32-12-19-9-5-2-6-10-19)20(21)13-31-11-18-7-3-1-4-8-18/h1-10,16-17,20-22H,11-15H2,(H2,26,27,28)/t20-,21+,22+/m1/s1. The molecule has 1 saturated heterocycles. The molecular formula is C25H27N5O3. The molecule has 1 fully saturated rings. The molecular weight excluding hydrogens is 418 g/mol. The average molecular weight is 446 g/mol. The lowest BCUT2D eigenvalue weighted by Gasteiger charge is -2.24. The highest BCUT2D eigenvalue weighted by Gasteiger charge is 2.39. The molecule has 8 heteroatoms. The first kappa shape index (κ1) is 21.5. The first-order chi connectivity index (χ1) is 16.3. The van der Waals surface area contributed by atoms with Gasteiger partial charge in [0.05, 0.1) is 51.5 Å². The molecule has 2 N–H and O–H groups in total. The van der Waals surface area contributed by atoms with Gasteiger partial charge in [-0.25, -0.2) is 15.0 Å². The van der Waals surface area contributed by atoms with Crippen molar-refractivity contribution in [2.24, 2.45) is 5.92 Å². The largest absolute Gasteiger partial charge is 0.382 e. The zero-order valence-corrected chi connectivity index (χ0v) is 18.3. The number of imidazole rings is 1. The summed E-state index contributed by atoms with van der Waals surface area (Å²) in [5.41, 5.74) is 9.57. The molecule has 0 bridgehead atoms. The lowest BCUT2D eigenvalue weighted by Crippen LogP contribution is -2.30. The van der Waals surface area contributed by atoms with E-state index >= 15 is 0 Å². The van der Waals surface area contributed by atoms with E-state index in [1.165, 1.54) is 6.33 Å². The third-order valence-corrected chi connectivity index (χ3v) is 6.01. The molecule has 0 spiro atoms. The number of nitrogens with two attached hydrogens (primary N) is 1. The third-order valence-electron chi connectivity index (χ3n) is 6.01. The molecule has 3 atom stereocenters. The molecule has 170 valence electrons. The van der Waals surface area contributed by atoms with E-state index in [0.717, 1.165) is 11.1 Å². The monoisotopic (exact) mass is 445 g/mol. The van der Waals surface area contributed by atoms with E-state index in [1.807, 2.05) is 41.0 Å². The molecule has 33 heavy (non-hydrogen) atoms. The number of nitrogen functional groups attached to an aromatic ring is 1. The Kier molecular flexibility index (Phi) is 6.57. The van der Waals surface area contributed by atoms with Crippen molar-refractivity contribution >= 4 is 17.0 Å². The molecule has 4 aromatic rings. The van der Waals surface area contributed by atoms with E-state index in [0.29, 0.717) is 50.0 Å². The van der Waals surface area contributed by atoms with E-state index in [2.05, 4.69) is 39.2 Å². The van der Waals surface area contributed by atoms with Crippen LogP contribution in [0.3, 0.4) is 0 Å². The van der Waals surface area contributed by atoms with E-state index in [4.69, 9.17) is 19.9 Å². The van der Waals surface area contributed by atoms with Crippen LogP contribution in [0.5, 0.6) is 0 Å². The molecule has 2 aromatic carbocycles. The highest BCUT2D eigenvalue weighted by Crippen LogP contribution is 2.34. The van der Waals surface area contributed by atoms with Crippen molar-refractivity contribution in [3.63, 3.8) is 0 Å². The Hall–Kier alpha value is -3.33. The minimum Gasteiger partial charge on any atom is -0.382 e. The van der Waals surface area contributed by atoms with Gasteiger partial charge in [-0.1, -0.05) is 60.7 Å². The number of hydrogen-bond acceptors (Lipinski definition) is 7. The van der Waals surface area contributed by atoms with Gasteiger partial charge in [0.2, 0.25) is 0 Å². The summed E-state index contributed by atoms with van der Waals surface area (Å²) in [7, 11) is 0. The number of fused-ring (bicyclic) bond motifs is 1. The summed E-state index contributed by atoms with van der Waals surface area (Å²) in [6.45, 7) is 2.62. The van der Waals surface area contributed by atoms with Crippen LogP contribution in [-0.2, 0) is 27.4 Å². The molecule has 5 rings (SSSR count). The topological polar surface area (TPSA) is 97.3 Å². The Morgan fingerprint density at radius 3 is 2.24 bits per heavy atom. The Morgan fingerprint density at radius 1 is 0.879 bits per heavy atom. The van der Waals surface area contributed by atoms with Gasteiger partial charge < -0.3 is 24.5 Å². The number of nitrogens with zero attached hydrogens (tertiary/aromatic N) is 4. The summed E-state index contributed by atoms with van der Waals surface area (Å²) in [5.74, 6) is 0.440. The molecule has 0 amide bonds. The molecule has 3 heterocycles. The van der Waals surface area contributed by atoms with E-state index < -0.39 is 0 Å². The lowest BCUT2D eigenvalue weighted by atomic mass is 9.98. The van der Waals surface area contributed by atoms with Crippen LogP contribution in [-0.4, -0.2) is 45.4 Å². The van der Waals surface area contributed by atoms with Crippen LogP contribution in [0.1, 0.15) is 17.2 Å². The fourth-order valence-electron chi connectivity index (χ4n) is 4.26. The fourth-order valence-corrected chi connectivity index (χ4v) is 4.26. The second-order valence-corrected chi connectivity index (χ2v) is 8.19. The number of hydrogen-bond donors (Lipinski definition) is 1. The summed E-state index contributed by atoms with van der Waals surface area (Å²) in [6.07, 6.45) is 3.12. The average Bonchev–Trinajstić information content (AvgIpc) is 3.45. The maximum absolute atomic E-state index is 6.19. The van der Waals surface area contributed by atoms with Gasteiger partial charge in [-0.2, -0.15) is 0 Å². The fraction of sp³-hybridized carbons (Fsp3) is 0.320. The van der Waals surface area contributed by atoms with Gasteiger partial charge >= 0.3 is 0 Å². The first-order valence-electron chi connectivity index (χ1n) is 11.1. The number of rotatable bonds is 9. The highest BCUT2D eigenvalue weighted by molar-refractivity contribution is 5.81. The summed E-state index contributed by atoms with van der Waals surface area (Å²) < 4.78 is 20.4. The van der Waals surface area contributed by atoms with Gasteiger partial charge in [0.25, 0.3) is 0 Å². The minimum absolute atomic E-state index is 0.00500. The Labute approximate surface area is 192 Å². The second kappa shape index (κ2) is 10.1. The van der Waals surface area contributed by atoms with Gasteiger partial charge in [-0.3, -0.25) is 0 Å². The van der Waals surface area contributed by atoms with Crippen molar-refractivity contribution in [1.29, 1.82) is 0 Å². The van der Waals surface area contributed by atoms with Crippen LogP contribution in [0.2, 0.25) is 0 Å². The molecule has 8 nitrogen and oxygen atoms in total. The number of benzene rings is 2. The Bertz CT molecular complexity index is 1170. The first-order valence-corrected chi connectivity index (χ1v) is 11.1. The molecule has 0 aliphatic carbocycles. The SMILES string of the molecule is Nc1ncnc2c1ncn2[C@H]1CO[C@@H](COCc2ccccc2)[C@@H]1COCc1ccccc1. The Balaban J connectivity index is 1.31. The van der Waals surface area contributed by atoms with E-state index in [1.54, 1.807) is 6.33 Å². The van der Waals surface area contributed by atoms with Crippen molar-refractivity contribution in [2.45, 2.75) is 25.4 Å². The van der Waals surface area contributed by atoms with Crippen LogP contribution in [0, 0.1) is 5.92 Å². The molecule has 2 aromatic heterocycles. The van der Waals surface area contributed by atoms with E-state index in [-0.39, 0.29) is 18.1 Å². The second-order valence-electron chi connectivity index (χ2n) is 8.19. The van der Waals surface area contributed by atoms with Crippen molar-refractivity contribution < 1.29 is 14.2 Å². The van der Waals surface area contributed by atoms with Crippen molar-refractivity contribution in [2.75, 3.05) is 25.6 Å². The van der Waals surface area contributed by atoms with Gasteiger partial charge in [-0.15, -0.1) is 0 Å².